The molecule has 0 radical (unpaired) electrons. The number of benzene rings is 1. The first kappa shape index (κ1) is 9.18. The molecule has 0 aliphatic rings. The fraction of sp³-hybridized carbons (Fsp3) is 0.200. The van der Waals surface area contributed by atoms with E-state index in [9.17, 15) is 4.79 Å². The van der Waals surface area contributed by atoms with Gasteiger partial charge in [0.25, 0.3) is 0 Å². The highest BCUT2D eigenvalue weighted by atomic mass is 16.1. The second-order valence-electron chi connectivity index (χ2n) is 2.66. The number of carbonyl (C=O) groups excluding carboxylic acids is 1. The Morgan fingerprint density at radius 1 is 1.54 bits per heavy atom. The lowest BCUT2D eigenvalue weighted by Gasteiger charge is -2.00. The van der Waals surface area contributed by atoms with Gasteiger partial charge in [-0.1, -0.05) is 6.07 Å². The minimum Gasteiger partial charge on any atom is -0.211 e. The lowest BCUT2D eigenvalue weighted by molar-refractivity contribution is 0.562. The molecule has 13 heavy (non-hydrogen) atoms. The average molecular weight is 172 g/mol. The molecule has 0 aliphatic carbocycles. The van der Waals surface area contributed by atoms with Gasteiger partial charge in [0.2, 0.25) is 6.08 Å². The molecule has 3 heteroatoms. The summed E-state index contributed by atoms with van der Waals surface area (Å²) in [5.74, 6) is 0. The minimum absolute atomic E-state index is 0.334. The van der Waals surface area contributed by atoms with Crippen LogP contribution in [0, 0.1) is 18.3 Å². The van der Waals surface area contributed by atoms with Gasteiger partial charge in [-0.3, -0.25) is 0 Å². The second kappa shape index (κ2) is 4.20. The molecule has 0 atom stereocenters. The Hall–Kier alpha value is -1.91. The van der Waals surface area contributed by atoms with E-state index in [1.807, 2.05) is 13.0 Å². The molecule has 0 heterocycles. The first-order valence-corrected chi connectivity index (χ1v) is 3.81. The number of isocyanates is 1. The average Bonchev–Trinajstić information content (AvgIpc) is 2.16. The van der Waals surface area contributed by atoms with Crippen LogP contribution in [0.25, 0.3) is 0 Å². The van der Waals surface area contributed by atoms with E-state index in [1.54, 1.807) is 18.2 Å². The van der Waals surface area contributed by atoms with Crippen molar-refractivity contribution in [1.82, 2.24) is 0 Å². The number of nitriles is 1. The molecule has 0 spiro atoms. The Bertz CT molecular complexity index is 398. The number of nitrogens with zero attached hydrogens (tertiary/aromatic N) is 2. The molecular weight excluding hydrogens is 164 g/mol. The lowest BCUT2D eigenvalue weighted by Crippen LogP contribution is -1.88. The monoisotopic (exact) mass is 172 g/mol. The Balaban J connectivity index is 2.99. The number of hydrogen-bond donors (Lipinski definition) is 0. The van der Waals surface area contributed by atoms with Crippen LogP contribution < -0.4 is 0 Å². The van der Waals surface area contributed by atoms with Crippen LogP contribution in [0.5, 0.6) is 0 Å². The summed E-state index contributed by atoms with van der Waals surface area (Å²) in [6.07, 6.45) is 1.48. The number of hydrogen-bond acceptors (Lipinski definition) is 3. The smallest absolute Gasteiger partial charge is 0.211 e. The van der Waals surface area contributed by atoms with Crippen LogP contribution >= 0.6 is 0 Å². The van der Waals surface area contributed by atoms with Crippen molar-refractivity contribution in [2.45, 2.75) is 13.5 Å². The summed E-state index contributed by atoms with van der Waals surface area (Å²) in [4.78, 5) is 13.3. The summed E-state index contributed by atoms with van der Waals surface area (Å²) in [5, 5.41) is 8.59. The van der Waals surface area contributed by atoms with Crippen molar-refractivity contribution in [3.8, 4) is 6.07 Å². The number of aliphatic imine (C=N–C) groups is 1. The zero-order valence-electron chi connectivity index (χ0n) is 7.24. The van der Waals surface area contributed by atoms with E-state index >= 15 is 0 Å². The Morgan fingerprint density at radius 2 is 2.31 bits per heavy atom. The third-order valence-corrected chi connectivity index (χ3v) is 1.79. The summed E-state index contributed by atoms with van der Waals surface area (Å²) >= 11 is 0. The van der Waals surface area contributed by atoms with E-state index in [4.69, 9.17) is 5.26 Å². The van der Waals surface area contributed by atoms with E-state index in [0.29, 0.717) is 12.1 Å². The fourth-order valence-corrected chi connectivity index (χ4v) is 1.06. The van der Waals surface area contributed by atoms with Gasteiger partial charge in [-0.2, -0.15) is 5.26 Å². The van der Waals surface area contributed by atoms with Gasteiger partial charge in [-0.05, 0) is 30.2 Å². The maximum Gasteiger partial charge on any atom is 0.235 e. The van der Waals surface area contributed by atoms with Crippen LogP contribution in [-0.2, 0) is 11.3 Å². The summed E-state index contributed by atoms with van der Waals surface area (Å²) in [7, 11) is 0. The molecule has 0 aromatic heterocycles. The van der Waals surface area contributed by atoms with Gasteiger partial charge in [0.15, 0.2) is 0 Å². The van der Waals surface area contributed by atoms with Crippen LogP contribution in [0.3, 0.4) is 0 Å². The first-order valence-electron chi connectivity index (χ1n) is 3.81. The van der Waals surface area contributed by atoms with Crippen molar-refractivity contribution < 1.29 is 4.79 Å². The molecule has 1 aromatic rings. The maximum absolute atomic E-state index is 9.87. The van der Waals surface area contributed by atoms with Crippen LogP contribution in [0.4, 0.5) is 0 Å². The van der Waals surface area contributed by atoms with Gasteiger partial charge in [-0.15, -0.1) is 0 Å². The summed E-state index contributed by atoms with van der Waals surface area (Å²) in [5.41, 5.74) is 2.54. The van der Waals surface area contributed by atoms with Gasteiger partial charge in [-0.25, -0.2) is 9.79 Å². The van der Waals surface area contributed by atoms with E-state index in [0.717, 1.165) is 11.1 Å². The largest absolute Gasteiger partial charge is 0.235 e. The predicted molar refractivity (Wildman–Crippen MR) is 47.7 cm³/mol. The molecular formula is C10H8N2O. The summed E-state index contributed by atoms with van der Waals surface area (Å²) in [6.45, 7) is 2.22. The highest BCUT2D eigenvalue weighted by Crippen LogP contribution is 2.11. The lowest BCUT2D eigenvalue weighted by atomic mass is 10.1. The van der Waals surface area contributed by atoms with Gasteiger partial charge >= 0.3 is 0 Å². The molecule has 0 N–H and O–H groups in total. The summed E-state index contributed by atoms with van der Waals surface area (Å²) < 4.78 is 0. The third kappa shape index (κ3) is 2.26. The van der Waals surface area contributed by atoms with Crippen molar-refractivity contribution in [3.63, 3.8) is 0 Å². The molecule has 0 unspecified atom stereocenters. The van der Waals surface area contributed by atoms with Crippen LogP contribution in [-0.4, -0.2) is 6.08 Å². The zero-order chi connectivity index (χ0) is 9.68. The summed E-state index contributed by atoms with van der Waals surface area (Å²) in [6, 6.07) is 7.33. The Morgan fingerprint density at radius 3 is 2.85 bits per heavy atom. The molecule has 0 fully saturated rings. The molecule has 3 nitrogen and oxygen atoms in total. The SMILES string of the molecule is Cc1cc(C#N)ccc1CN=C=O. The molecule has 1 aromatic carbocycles. The van der Waals surface area contributed by atoms with Crippen LogP contribution in [0.15, 0.2) is 23.2 Å². The number of aryl methyl sites for hydroxylation is 1. The molecule has 0 saturated heterocycles. The topological polar surface area (TPSA) is 53.2 Å². The number of rotatable bonds is 2. The Labute approximate surface area is 76.3 Å². The van der Waals surface area contributed by atoms with Crippen molar-refractivity contribution in [3.05, 3.63) is 34.9 Å². The van der Waals surface area contributed by atoms with Crippen molar-refractivity contribution in [2.24, 2.45) is 4.99 Å². The fourth-order valence-electron chi connectivity index (χ4n) is 1.06. The molecule has 1 rings (SSSR count). The van der Waals surface area contributed by atoms with Gasteiger partial charge < -0.3 is 0 Å². The molecule has 64 valence electrons. The third-order valence-electron chi connectivity index (χ3n) is 1.79. The van der Waals surface area contributed by atoms with Crippen molar-refractivity contribution in [1.29, 1.82) is 5.26 Å². The molecule has 0 saturated carbocycles. The van der Waals surface area contributed by atoms with Gasteiger partial charge in [0.05, 0.1) is 18.2 Å². The minimum atomic E-state index is 0.334. The van der Waals surface area contributed by atoms with Crippen molar-refractivity contribution >= 4 is 6.08 Å². The second-order valence-corrected chi connectivity index (χ2v) is 2.66. The quantitative estimate of drug-likeness (QED) is 0.503. The van der Waals surface area contributed by atoms with E-state index < -0.39 is 0 Å². The van der Waals surface area contributed by atoms with Gasteiger partial charge in [0.1, 0.15) is 0 Å². The first-order chi connectivity index (χ1) is 6.27. The predicted octanol–water partition coefficient (Wildman–Crippen LogP) is 1.70. The van der Waals surface area contributed by atoms with Crippen LogP contribution in [0.2, 0.25) is 0 Å². The zero-order valence-corrected chi connectivity index (χ0v) is 7.24. The molecule has 0 aliphatic heterocycles. The van der Waals surface area contributed by atoms with Crippen LogP contribution in [0.1, 0.15) is 16.7 Å². The normalized spacial score (nSPS) is 8.62. The highest BCUT2D eigenvalue weighted by Gasteiger charge is 1.98. The van der Waals surface area contributed by atoms with Crippen molar-refractivity contribution in [2.75, 3.05) is 0 Å². The Kier molecular flexibility index (Phi) is 2.97. The van der Waals surface area contributed by atoms with E-state index in [-0.39, 0.29) is 0 Å². The highest BCUT2D eigenvalue weighted by molar-refractivity contribution is 5.39. The van der Waals surface area contributed by atoms with Gasteiger partial charge in [0, 0.05) is 0 Å². The van der Waals surface area contributed by atoms with E-state index in [1.165, 1.54) is 6.08 Å². The maximum atomic E-state index is 9.87. The molecule has 0 amide bonds. The van der Waals surface area contributed by atoms with E-state index in [2.05, 4.69) is 4.99 Å². The standard InChI is InChI=1S/C10H8N2O/c1-8-4-9(5-11)2-3-10(8)6-12-7-13/h2-4H,6H2,1H3. The molecule has 0 bridgehead atoms.